The van der Waals surface area contributed by atoms with Crippen LogP contribution < -0.4 is 22.1 Å². The van der Waals surface area contributed by atoms with Crippen molar-refractivity contribution < 1.29 is 42.9 Å². The number of carbonyl (C=O) groups excluding carboxylic acids is 5. The van der Waals surface area contributed by atoms with Crippen LogP contribution in [0.5, 0.6) is 0 Å². The Morgan fingerprint density at radius 2 is 1.82 bits per heavy atom. The van der Waals surface area contributed by atoms with Gasteiger partial charge in [-0.2, -0.15) is 0 Å². The first-order chi connectivity index (χ1) is 23.3. The third-order valence-electron chi connectivity index (χ3n) is 8.28. The summed E-state index contributed by atoms with van der Waals surface area (Å²) >= 11 is 0. The number of ether oxygens (including phenoxy) is 4. The van der Waals surface area contributed by atoms with E-state index < -0.39 is 59.9 Å². The molecule has 13 heteroatoms. The van der Waals surface area contributed by atoms with Gasteiger partial charge in [-0.3, -0.25) is 19.2 Å². The first-order valence-corrected chi connectivity index (χ1v) is 16.4. The van der Waals surface area contributed by atoms with E-state index in [1.807, 2.05) is 19.9 Å². The van der Waals surface area contributed by atoms with Gasteiger partial charge in [-0.05, 0) is 57.6 Å². The summed E-state index contributed by atoms with van der Waals surface area (Å²) in [5.74, 6) is -2.70. The van der Waals surface area contributed by atoms with Crippen molar-refractivity contribution in [3.05, 3.63) is 71.1 Å². The predicted molar refractivity (Wildman–Crippen MR) is 185 cm³/mol. The van der Waals surface area contributed by atoms with Gasteiger partial charge in [0.25, 0.3) is 5.91 Å². The monoisotopic (exact) mass is 684 g/mol. The minimum absolute atomic E-state index is 0.130. The lowest BCUT2D eigenvalue weighted by Crippen LogP contribution is -2.40. The summed E-state index contributed by atoms with van der Waals surface area (Å²) in [5, 5.41) is 5.56. The quantitative estimate of drug-likeness (QED) is 0.108. The molecule has 6 N–H and O–H groups in total. The van der Waals surface area contributed by atoms with Crippen molar-refractivity contribution in [3.8, 4) is 0 Å². The fraction of sp³-hybridized carbons (Fsp3) is 0.528. The van der Waals surface area contributed by atoms with Crippen LogP contribution in [0, 0.1) is 11.8 Å². The second-order valence-electron chi connectivity index (χ2n) is 12.3. The number of methoxy groups -OCH3 is 2. The SMILES string of the molecule is C=CCNC1=C2C[C@@H](C)C[C@@H](OC)[C@H](OC(=O)CCCCN)[C@H](C)/C=C(\C)[C@@H](OC(N)=O)[C@@H](OC)/C=C\C=C(/C)C(=O)NC(=CC1=O)C2=O. The smallest absolute Gasteiger partial charge is 0.405 e. The maximum Gasteiger partial charge on any atom is 0.405 e. The Bertz CT molecular complexity index is 1390. The molecule has 270 valence electrons. The summed E-state index contributed by atoms with van der Waals surface area (Å²) in [6.45, 7) is 11.4. The number of ketones is 2. The van der Waals surface area contributed by atoms with Crippen LogP contribution in [0.1, 0.15) is 59.8 Å². The van der Waals surface area contributed by atoms with Crippen LogP contribution in [0.4, 0.5) is 4.79 Å². The molecule has 13 nitrogen and oxygen atoms in total. The standard InChI is InChI=1S/C36H52N4O9/c1-8-16-39-31-25-17-21(2)18-29(47-7)34(48-30(42)14-9-10-15-37)24(5)19-23(4)33(49-36(38)45)28(46-6)13-11-12-22(3)35(44)40-26(32(25)43)20-27(31)41/h8,11-13,19-21,24,28-29,33-34,39H,1,9-10,14-18,37H2,2-7H3,(H2,38,45)(H,40,44)/b13-11-,22-12+,23-19+/t21-,24-,28+,29-,33-,34-/m1/s1. The lowest BCUT2D eigenvalue weighted by molar-refractivity contribution is -0.160. The Kier molecular flexibility index (Phi) is 16.9. The molecule has 1 aliphatic heterocycles. The van der Waals surface area contributed by atoms with E-state index in [-0.39, 0.29) is 47.8 Å². The normalized spacial score (nSPS) is 28.6. The zero-order chi connectivity index (χ0) is 36.7. The van der Waals surface area contributed by atoms with Gasteiger partial charge >= 0.3 is 12.1 Å². The Balaban J connectivity index is 2.72. The Morgan fingerprint density at radius 3 is 2.43 bits per heavy atom. The van der Waals surface area contributed by atoms with E-state index >= 15 is 0 Å². The highest BCUT2D eigenvalue weighted by Gasteiger charge is 2.35. The number of primary amides is 1. The van der Waals surface area contributed by atoms with Crippen LogP contribution in [-0.2, 0) is 38.1 Å². The molecule has 0 spiro atoms. The number of allylic oxidation sites excluding steroid dienone is 4. The van der Waals surface area contributed by atoms with Crippen molar-refractivity contribution in [2.45, 2.75) is 84.2 Å². The average molecular weight is 685 g/mol. The maximum absolute atomic E-state index is 13.8. The first kappa shape index (κ1) is 40.8. The summed E-state index contributed by atoms with van der Waals surface area (Å²) in [6.07, 6.45) is 6.71. The van der Waals surface area contributed by atoms with Gasteiger partial charge in [0.1, 0.15) is 12.2 Å². The van der Waals surface area contributed by atoms with Gasteiger partial charge in [-0.15, -0.1) is 6.58 Å². The maximum atomic E-state index is 13.8. The Labute approximate surface area is 288 Å². The van der Waals surface area contributed by atoms with Gasteiger partial charge in [-0.25, -0.2) is 4.79 Å². The molecular weight excluding hydrogens is 632 g/mol. The molecule has 0 saturated carbocycles. The summed E-state index contributed by atoms with van der Waals surface area (Å²) in [5.41, 5.74) is 12.0. The molecule has 2 rings (SSSR count). The molecule has 2 bridgehead atoms. The van der Waals surface area contributed by atoms with Crippen molar-refractivity contribution in [1.82, 2.24) is 10.6 Å². The average Bonchev–Trinajstić information content (AvgIpc) is 3.05. The zero-order valence-corrected chi connectivity index (χ0v) is 29.4. The highest BCUT2D eigenvalue weighted by molar-refractivity contribution is 6.23. The molecule has 0 aromatic carbocycles. The number of hydrogen-bond acceptors (Lipinski definition) is 11. The van der Waals surface area contributed by atoms with Crippen LogP contribution in [-0.4, -0.2) is 81.3 Å². The largest absolute Gasteiger partial charge is 0.459 e. The van der Waals surface area contributed by atoms with Crippen molar-refractivity contribution in [3.63, 3.8) is 0 Å². The van der Waals surface area contributed by atoms with Crippen LogP contribution in [0.15, 0.2) is 71.1 Å². The summed E-state index contributed by atoms with van der Waals surface area (Å²) in [6, 6.07) is 0. The summed E-state index contributed by atoms with van der Waals surface area (Å²) in [7, 11) is 2.94. The number of carbonyl (C=O) groups is 5. The van der Waals surface area contributed by atoms with Crippen LogP contribution in [0.3, 0.4) is 0 Å². The number of rotatable bonds is 11. The van der Waals surface area contributed by atoms with E-state index in [0.29, 0.717) is 31.4 Å². The molecule has 0 saturated heterocycles. The molecule has 1 aliphatic carbocycles. The first-order valence-electron chi connectivity index (χ1n) is 16.4. The highest BCUT2D eigenvalue weighted by atomic mass is 16.6. The molecule has 0 radical (unpaired) electrons. The molecule has 2 aliphatic rings. The predicted octanol–water partition coefficient (Wildman–Crippen LogP) is 3.22. The summed E-state index contributed by atoms with van der Waals surface area (Å²) < 4.78 is 23.1. The molecule has 2 amide bonds. The summed E-state index contributed by atoms with van der Waals surface area (Å²) in [4.78, 5) is 65.1. The van der Waals surface area contributed by atoms with Crippen LogP contribution >= 0.6 is 0 Å². The fourth-order valence-electron chi connectivity index (χ4n) is 5.75. The molecule has 1 heterocycles. The van der Waals surface area contributed by atoms with Crippen molar-refractivity contribution >= 4 is 29.5 Å². The Hall–Kier alpha value is -4.33. The van der Waals surface area contributed by atoms with E-state index in [0.717, 1.165) is 6.08 Å². The number of Topliss-reactive ketones (excluding diaryl/α,β-unsaturated/α-hetero) is 1. The number of fused-ring (bicyclic) bond motifs is 2. The number of nitrogens with two attached hydrogens (primary N) is 2. The van der Waals surface area contributed by atoms with E-state index in [1.54, 1.807) is 32.1 Å². The molecular formula is C36H52N4O9. The molecule has 0 unspecified atom stereocenters. The van der Waals surface area contributed by atoms with E-state index in [1.165, 1.54) is 20.3 Å². The van der Waals surface area contributed by atoms with E-state index in [4.69, 9.17) is 30.4 Å². The molecule has 6 atom stereocenters. The van der Waals surface area contributed by atoms with Gasteiger partial charge in [0.2, 0.25) is 11.6 Å². The van der Waals surface area contributed by atoms with Crippen molar-refractivity contribution in [2.75, 3.05) is 27.3 Å². The van der Waals surface area contributed by atoms with Crippen LogP contribution in [0.25, 0.3) is 0 Å². The second kappa shape index (κ2) is 20.2. The molecule has 0 aromatic rings. The Morgan fingerprint density at radius 1 is 1.10 bits per heavy atom. The number of amides is 2. The van der Waals surface area contributed by atoms with Gasteiger partial charge in [0.05, 0.1) is 17.5 Å². The van der Waals surface area contributed by atoms with Gasteiger partial charge in [0, 0.05) is 50.3 Å². The minimum atomic E-state index is -1.02. The molecule has 49 heavy (non-hydrogen) atoms. The number of nitrogens with one attached hydrogen (secondary N) is 2. The number of esters is 1. The van der Waals surface area contributed by atoms with Gasteiger partial charge in [0.15, 0.2) is 6.10 Å². The van der Waals surface area contributed by atoms with Crippen LogP contribution in [0.2, 0.25) is 0 Å². The third kappa shape index (κ3) is 12.3. The molecule has 0 aromatic heterocycles. The highest BCUT2D eigenvalue weighted by Crippen LogP contribution is 2.30. The van der Waals surface area contributed by atoms with Crippen molar-refractivity contribution in [1.29, 1.82) is 0 Å². The van der Waals surface area contributed by atoms with Gasteiger partial charge < -0.3 is 41.0 Å². The van der Waals surface area contributed by atoms with Crippen molar-refractivity contribution in [2.24, 2.45) is 23.3 Å². The second-order valence-corrected chi connectivity index (χ2v) is 12.3. The zero-order valence-electron chi connectivity index (χ0n) is 29.4. The topological polar surface area (TPSA) is 198 Å². The van der Waals surface area contributed by atoms with Gasteiger partial charge in [-0.1, -0.05) is 44.2 Å². The third-order valence-corrected chi connectivity index (χ3v) is 8.28. The fourth-order valence-corrected chi connectivity index (χ4v) is 5.75. The number of unbranched alkanes of at least 4 members (excludes halogenated alkanes) is 1. The van der Waals surface area contributed by atoms with E-state index in [9.17, 15) is 24.0 Å². The van der Waals surface area contributed by atoms with E-state index in [2.05, 4.69) is 17.2 Å². The lowest BCUT2D eigenvalue weighted by Gasteiger charge is -2.32. The number of hydrogen-bond donors (Lipinski definition) is 4. The minimum Gasteiger partial charge on any atom is -0.459 e. The molecule has 0 fully saturated rings. The lowest BCUT2D eigenvalue weighted by atomic mass is 9.85.